The Hall–Kier alpha value is -0.820. The molecular formula is C16H27IN4. The topological polar surface area (TPSA) is 67.6 Å². The molecule has 4 N–H and O–H groups in total. The summed E-state index contributed by atoms with van der Waals surface area (Å²) >= 11 is 0. The number of likely N-dealkylation sites (tertiary alicyclic amines) is 1. The number of aliphatic imine (C=N–C) groups is 1. The van der Waals surface area contributed by atoms with Crippen molar-refractivity contribution in [2.75, 3.05) is 13.1 Å². The van der Waals surface area contributed by atoms with Gasteiger partial charge in [0, 0.05) is 6.54 Å². The van der Waals surface area contributed by atoms with Gasteiger partial charge in [0.1, 0.15) is 0 Å². The molecule has 4 nitrogen and oxygen atoms in total. The van der Waals surface area contributed by atoms with Crippen molar-refractivity contribution >= 4 is 29.9 Å². The average Bonchev–Trinajstić information content (AvgIpc) is 2.41. The Morgan fingerprint density at radius 3 is 2.00 bits per heavy atom. The van der Waals surface area contributed by atoms with E-state index in [0.717, 1.165) is 12.1 Å². The largest absolute Gasteiger partial charge is 0.370 e. The summed E-state index contributed by atoms with van der Waals surface area (Å²) in [7, 11) is 0. The van der Waals surface area contributed by atoms with Gasteiger partial charge in [0.25, 0.3) is 0 Å². The zero-order valence-corrected chi connectivity index (χ0v) is 15.0. The zero-order valence-electron chi connectivity index (χ0n) is 12.6. The zero-order chi connectivity index (χ0) is 14.2. The summed E-state index contributed by atoms with van der Waals surface area (Å²) in [5.41, 5.74) is 13.2. The fraction of sp³-hybridized carbons (Fsp3) is 0.562. The van der Waals surface area contributed by atoms with Gasteiger partial charge in [-0.25, -0.2) is 4.99 Å². The van der Waals surface area contributed by atoms with Gasteiger partial charge in [-0.15, -0.1) is 24.0 Å². The van der Waals surface area contributed by atoms with Crippen LogP contribution >= 0.6 is 24.0 Å². The van der Waals surface area contributed by atoms with E-state index in [9.17, 15) is 0 Å². The molecule has 1 aromatic carbocycles. The van der Waals surface area contributed by atoms with Gasteiger partial charge < -0.3 is 11.5 Å². The van der Waals surface area contributed by atoms with Crippen LogP contribution < -0.4 is 11.5 Å². The summed E-state index contributed by atoms with van der Waals surface area (Å²) in [5, 5.41) is 0. The summed E-state index contributed by atoms with van der Waals surface area (Å²) in [4.78, 5) is 6.60. The SMILES string of the molecule is I.NC(N)=NCc1ccc(CN2CCCCCCC2)cc1. The molecule has 0 aromatic heterocycles. The van der Waals surface area contributed by atoms with Crippen LogP contribution in [0.4, 0.5) is 0 Å². The van der Waals surface area contributed by atoms with Crippen molar-refractivity contribution in [2.24, 2.45) is 16.5 Å². The highest BCUT2D eigenvalue weighted by molar-refractivity contribution is 14.0. The van der Waals surface area contributed by atoms with E-state index in [1.807, 2.05) is 0 Å². The highest BCUT2D eigenvalue weighted by atomic mass is 127. The van der Waals surface area contributed by atoms with Crippen molar-refractivity contribution in [2.45, 2.75) is 45.2 Å². The number of halogens is 1. The Labute approximate surface area is 145 Å². The molecule has 1 fully saturated rings. The molecule has 0 radical (unpaired) electrons. The number of nitrogens with two attached hydrogens (primary N) is 2. The standard InChI is InChI=1S/C16H26N4.HI/c17-16(18)19-12-14-6-8-15(9-7-14)13-20-10-4-2-1-3-5-11-20;/h6-9H,1-5,10-13H2,(H4,17,18,19);1H. The molecular weight excluding hydrogens is 375 g/mol. The van der Waals surface area contributed by atoms with E-state index in [4.69, 9.17) is 11.5 Å². The summed E-state index contributed by atoms with van der Waals surface area (Å²) in [6.07, 6.45) is 6.85. The van der Waals surface area contributed by atoms with Crippen molar-refractivity contribution in [1.29, 1.82) is 0 Å². The Morgan fingerprint density at radius 2 is 1.43 bits per heavy atom. The predicted molar refractivity (Wildman–Crippen MR) is 99.7 cm³/mol. The van der Waals surface area contributed by atoms with Gasteiger partial charge in [-0.1, -0.05) is 43.5 Å². The lowest BCUT2D eigenvalue weighted by molar-refractivity contribution is 0.240. The van der Waals surface area contributed by atoms with Gasteiger partial charge in [-0.3, -0.25) is 4.90 Å². The van der Waals surface area contributed by atoms with Crippen LogP contribution in [0.15, 0.2) is 29.3 Å². The summed E-state index contributed by atoms with van der Waals surface area (Å²) < 4.78 is 0. The lowest BCUT2D eigenvalue weighted by Gasteiger charge is -2.24. The van der Waals surface area contributed by atoms with Gasteiger partial charge >= 0.3 is 0 Å². The lowest BCUT2D eigenvalue weighted by Crippen LogP contribution is -2.26. The van der Waals surface area contributed by atoms with E-state index in [0.29, 0.717) is 6.54 Å². The molecule has 1 aliphatic rings. The number of nitrogens with zero attached hydrogens (tertiary/aromatic N) is 2. The number of hydrogen-bond acceptors (Lipinski definition) is 2. The van der Waals surface area contributed by atoms with Gasteiger partial charge in [0.2, 0.25) is 0 Å². The molecule has 1 heterocycles. The van der Waals surface area contributed by atoms with Gasteiger partial charge in [-0.05, 0) is 37.1 Å². The first-order valence-corrected chi connectivity index (χ1v) is 7.59. The molecule has 2 rings (SSSR count). The van der Waals surface area contributed by atoms with Crippen LogP contribution in [0.25, 0.3) is 0 Å². The van der Waals surface area contributed by atoms with E-state index in [1.165, 1.54) is 50.8 Å². The normalized spacial score (nSPS) is 16.4. The molecule has 118 valence electrons. The maximum absolute atomic E-state index is 5.34. The Kier molecular flexibility index (Phi) is 8.68. The summed E-state index contributed by atoms with van der Waals surface area (Å²) in [6.45, 7) is 4.08. The quantitative estimate of drug-likeness (QED) is 0.463. The number of benzene rings is 1. The first-order chi connectivity index (χ1) is 9.74. The molecule has 1 saturated heterocycles. The van der Waals surface area contributed by atoms with Crippen LogP contribution in [-0.2, 0) is 13.1 Å². The monoisotopic (exact) mass is 402 g/mol. The van der Waals surface area contributed by atoms with Crippen LogP contribution in [0.3, 0.4) is 0 Å². The number of hydrogen-bond donors (Lipinski definition) is 2. The first kappa shape index (κ1) is 18.2. The molecule has 0 unspecified atom stereocenters. The lowest BCUT2D eigenvalue weighted by atomic mass is 10.1. The minimum Gasteiger partial charge on any atom is -0.370 e. The first-order valence-electron chi connectivity index (χ1n) is 7.59. The van der Waals surface area contributed by atoms with E-state index >= 15 is 0 Å². The minimum atomic E-state index is 0. The fourth-order valence-electron chi connectivity index (χ4n) is 2.66. The Balaban J connectivity index is 0.00000220. The van der Waals surface area contributed by atoms with Gasteiger partial charge in [0.15, 0.2) is 5.96 Å². The van der Waals surface area contributed by atoms with E-state index in [2.05, 4.69) is 34.2 Å². The molecule has 21 heavy (non-hydrogen) atoms. The highest BCUT2D eigenvalue weighted by Gasteiger charge is 2.08. The van der Waals surface area contributed by atoms with Crippen molar-refractivity contribution in [3.8, 4) is 0 Å². The number of guanidine groups is 1. The molecule has 0 bridgehead atoms. The molecule has 0 atom stereocenters. The molecule has 5 heteroatoms. The third kappa shape index (κ3) is 7.13. The molecule has 0 saturated carbocycles. The summed E-state index contributed by atoms with van der Waals surface area (Å²) in [5.74, 6) is 0.148. The second kappa shape index (κ2) is 10.00. The maximum Gasteiger partial charge on any atom is 0.186 e. The minimum absolute atomic E-state index is 0. The van der Waals surface area contributed by atoms with Crippen LogP contribution in [0.5, 0.6) is 0 Å². The second-order valence-corrected chi connectivity index (χ2v) is 5.60. The van der Waals surface area contributed by atoms with E-state index in [1.54, 1.807) is 0 Å². The van der Waals surface area contributed by atoms with Crippen LogP contribution in [0.1, 0.15) is 43.2 Å². The molecule has 0 aliphatic carbocycles. The van der Waals surface area contributed by atoms with Crippen molar-refractivity contribution < 1.29 is 0 Å². The van der Waals surface area contributed by atoms with Crippen molar-refractivity contribution in [1.82, 2.24) is 4.90 Å². The molecule has 1 aliphatic heterocycles. The van der Waals surface area contributed by atoms with Crippen molar-refractivity contribution in [3.05, 3.63) is 35.4 Å². The third-order valence-corrected chi connectivity index (χ3v) is 3.82. The van der Waals surface area contributed by atoms with E-state index in [-0.39, 0.29) is 29.9 Å². The third-order valence-electron chi connectivity index (χ3n) is 3.82. The molecule has 0 spiro atoms. The summed E-state index contributed by atoms with van der Waals surface area (Å²) in [6, 6.07) is 8.62. The molecule has 0 amide bonds. The Bertz CT molecular complexity index is 418. The van der Waals surface area contributed by atoms with Crippen molar-refractivity contribution in [3.63, 3.8) is 0 Å². The fourth-order valence-corrected chi connectivity index (χ4v) is 2.66. The number of rotatable bonds is 4. The maximum atomic E-state index is 5.34. The predicted octanol–water partition coefficient (Wildman–Crippen LogP) is 2.84. The second-order valence-electron chi connectivity index (χ2n) is 5.60. The Morgan fingerprint density at radius 1 is 0.905 bits per heavy atom. The van der Waals surface area contributed by atoms with Gasteiger partial charge in [0.05, 0.1) is 6.54 Å². The molecule has 1 aromatic rings. The van der Waals surface area contributed by atoms with Crippen LogP contribution in [0, 0.1) is 0 Å². The highest BCUT2D eigenvalue weighted by Crippen LogP contribution is 2.14. The van der Waals surface area contributed by atoms with E-state index < -0.39 is 0 Å². The van der Waals surface area contributed by atoms with Crippen LogP contribution in [0.2, 0.25) is 0 Å². The smallest absolute Gasteiger partial charge is 0.186 e. The average molecular weight is 402 g/mol. The van der Waals surface area contributed by atoms with Gasteiger partial charge in [-0.2, -0.15) is 0 Å². The van der Waals surface area contributed by atoms with Crippen LogP contribution in [-0.4, -0.2) is 23.9 Å².